The van der Waals surface area contributed by atoms with E-state index < -0.39 is 35.4 Å². The standard InChI is InChI=1S/C15H18F3N3O2/c1-21-7-8(6-19-21)11-12(13(11)14(22)20-23)9-4-2-3-5-10(9)15(16,17)18/h2-3,5-6,8-9,11-13,23H,4,7H2,1H3,(H,20,22)/t8?,9?,11-,12-,13+/m1/s1. The summed E-state index contributed by atoms with van der Waals surface area (Å²) in [5.74, 6) is -2.75. The van der Waals surface area contributed by atoms with Crippen LogP contribution in [0.2, 0.25) is 0 Å². The van der Waals surface area contributed by atoms with E-state index in [1.807, 2.05) is 0 Å². The average molecular weight is 329 g/mol. The first kappa shape index (κ1) is 16.0. The highest BCUT2D eigenvalue weighted by molar-refractivity contribution is 5.82. The SMILES string of the molecule is CN1CC([C@H]2[C@H](C(=O)NO)[C@@H]2C2CC=CC=C2C(F)(F)F)C=N1. The Morgan fingerprint density at radius 2 is 2.17 bits per heavy atom. The first-order valence-corrected chi connectivity index (χ1v) is 7.47. The van der Waals surface area contributed by atoms with Gasteiger partial charge in [-0.15, -0.1) is 0 Å². The lowest BCUT2D eigenvalue weighted by atomic mass is 9.84. The minimum Gasteiger partial charge on any atom is -0.300 e. The van der Waals surface area contributed by atoms with Gasteiger partial charge in [-0.05, 0) is 24.2 Å². The van der Waals surface area contributed by atoms with Gasteiger partial charge in [0, 0.05) is 37.2 Å². The molecule has 0 bridgehead atoms. The first-order valence-electron chi connectivity index (χ1n) is 7.47. The van der Waals surface area contributed by atoms with Gasteiger partial charge in [-0.3, -0.25) is 15.0 Å². The fourth-order valence-electron chi connectivity index (χ4n) is 3.99. The summed E-state index contributed by atoms with van der Waals surface area (Å²) >= 11 is 0. The highest BCUT2D eigenvalue weighted by atomic mass is 19.4. The van der Waals surface area contributed by atoms with E-state index in [1.54, 1.807) is 29.8 Å². The Labute approximate surface area is 131 Å². The fraction of sp³-hybridized carbons (Fsp3) is 0.600. The molecule has 0 aromatic heterocycles. The van der Waals surface area contributed by atoms with Gasteiger partial charge in [0.05, 0.1) is 0 Å². The molecule has 5 atom stereocenters. The number of alkyl halides is 3. The van der Waals surface area contributed by atoms with Crippen LogP contribution in [0.1, 0.15) is 6.42 Å². The number of nitrogens with zero attached hydrogens (tertiary/aromatic N) is 2. The molecule has 2 N–H and O–H groups in total. The number of hydrogen-bond acceptors (Lipinski definition) is 4. The lowest BCUT2D eigenvalue weighted by molar-refractivity contribution is -0.131. The molecule has 0 aromatic carbocycles. The number of hydrogen-bond donors (Lipinski definition) is 2. The zero-order valence-corrected chi connectivity index (χ0v) is 12.5. The zero-order chi connectivity index (χ0) is 16.8. The van der Waals surface area contributed by atoms with E-state index in [4.69, 9.17) is 5.21 Å². The predicted molar refractivity (Wildman–Crippen MR) is 76.4 cm³/mol. The Balaban J connectivity index is 1.85. The molecule has 8 heteroatoms. The Hall–Kier alpha value is -1.83. The van der Waals surface area contributed by atoms with Crippen molar-refractivity contribution >= 4 is 12.1 Å². The number of rotatable bonds is 3. The lowest BCUT2D eigenvalue weighted by Crippen LogP contribution is -2.26. The van der Waals surface area contributed by atoms with Crippen LogP contribution >= 0.6 is 0 Å². The van der Waals surface area contributed by atoms with Crippen molar-refractivity contribution in [3.8, 4) is 0 Å². The van der Waals surface area contributed by atoms with Crippen LogP contribution in [0.3, 0.4) is 0 Å². The normalized spacial score (nSPS) is 36.1. The number of hydrazone groups is 1. The van der Waals surface area contributed by atoms with Gasteiger partial charge in [-0.2, -0.15) is 18.3 Å². The lowest BCUT2D eigenvalue weighted by Gasteiger charge is -2.24. The molecule has 1 heterocycles. The van der Waals surface area contributed by atoms with E-state index >= 15 is 0 Å². The quantitative estimate of drug-likeness (QED) is 0.615. The number of carbonyl (C=O) groups excluding carboxylic acids is 1. The van der Waals surface area contributed by atoms with E-state index in [1.165, 1.54) is 6.08 Å². The van der Waals surface area contributed by atoms with Gasteiger partial charge in [0.1, 0.15) is 0 Å². The second-order valence-corrected chi connectivity index (χ2v) is 6.32. The van der Waals surface area contributed by atoms with Crippen LogP contribution in [0, 0.1) is 29.6 Å². The van der Waals surface area contributed by atoms with Crippen molar-refractivity contribution < 1.29 is 23.2 Å². The third kappa shape index (κ3) is 2.87. The third-order valence-electron chi connectivity index (χ3n) is 4.96. The van der Waals surface area contributed by atoms with Crippen LogP contribution in [0.25, 0.3) is 0 Å². The molecule has 0 saturated heterocycles. The monoisotopic (exact) mass is 329 g/mol. The maximum Gasteiger partial charge on any atom is 0.412 e. The van der Waals surface area contributed by atoms with Crippen molar-refractivity contribution in [1.82, 2.24) is 10.5 Å². The molecule has 0 aromatic rings. The van der Waals surface area contributed by atoms with Gasteiger partial charge in [-0.1, -0.05) is 18.2 Å². The van der Waals surface area contributed by atoms with Crippen molar-refractivity contribution in [2.24, 2.45) is 34.7 Å². The van der Waals surface area contributed by atoms with Crippen molar-refractivity contribution in [2.75, 3.05) is 13.6 Å². The minimum atomic E-state index is -4.41. The molecule has 126 valence electrons. The average Bonchev–Trinajstić information content (AvgIpc) is 3.11. The van der Waals surface area contributed by atoms with E-state index in [2.05, 4.69) is 5.10 Å². The minimum absolute atomic E-state index is 0.0762. The Kier molecular flexibility index (Phi) is 3.95. The van der Waals surface area contributed by atoms with Crippen molar-refractivity contribution in [3.05, 3.63) is 23.8 Å². The summed E-state index contributed by atoms with van der Waals surface area (Å²) in [5.41, 5.74) is 1.01. The maximum absolute atomic E-state index is 13.3. The molecule has 1 saturated carbocycles. The van der Waals surface area contributed by atoms with Crippen molar-refractivity contribution in [1.29, 1.82) is 0 Å². The van der Waals surface area contributed by atoms with Gasteiger partial charge in [0.2, 0.25) is 5.91 Å². The molecular formula is C15H18F3N3O2. The van der Waals surface area contributed by atoms with Gasteiger partial charge in [-0.25, -0.2) is 5.48 Å². The Bertz CT molecular complexity index is 585. The van der Waals surface area contributed by atoms with Gasteiger partial charge >= 0.3 is 6.18 Å². The summed E-state index contributed by atoms with van der Waals surface area (Å²) in [6.45, 7) is 0.573. The molecule has 1 aliphatic heterocycles. The number of nitrogens with one attached hydrogen (secondary N) is 1. The highest BCUT2D eigenvalue weighted by Gasteiger charge is 2.63. The van der Waals surface area contributed by atoms with E-state index in [9.17, 15) is 18.0 Å². The molecule has 1 amide bonds. The summed E-state index contributed by atoms with van der Waals surface area (Å²) in [7, 11) is 1.78. The summed E-state index contributed by atoms with van der Waals surface area (Å²) in [6.07, 6.45) is 1.72. The smallest absolute Gasteiger partial charge is 0.300 e. The molecule has 2 unspecified atom stereocenters. The number of allylic oxidation sites excluding steroid dienone is 4. The van der Waals surface area contributed by atoms with Crippen LogP contribution in [0.5, 0.6) is 0 Å². The second kappa shape index (κ2) is 5.67. The van der Waals surface area contributed by atoms with Crippen LogP contribution < -0.4 is 5.48 Å². The Morgan fingerprint density at radius 1 is 1.43 bits per heavy atom. The van der Waals surface area contributed by atoms with E-state index in [0.29, 0.717) is 6.54 Å². The van der Waals surface area contributed by atoms with Crippen LogP contribution in [-0.2, 0) is 4.79 Å². The Morgan fingerprint density at radius 3 is 2.74 bits per heavy atom. The van der Waals surface area contributed by atoms with Crippen LogP contribution in [-0.4, -0.2) is 42.1 Å². The molecule has 0 spiro atoms. The molecular weight excluding hydrogens is 311 g/mol. The number of hydroxylamine groups is 1. The third-order valence-corrected chi connectivity index (χ3v) is 4.96. The zero-order valence-electron chi connectivity index (χ0n) is 12.5. The molecule has 0 radical (unpaired) electrons. The largest absolute Gasteiger partial charge is 0.412 e. The topological polar surface area (TPSA) is 64.9 Å². The van der Waals surface area contributed by atoms with Crippen LogP contribution in [0.4, 0.5) is 13.2 Å². The summed E-state index contributed by atoms with van der Waals surface area (Å²) in [5, 5.41) is 14.7. The van der Waals surface area contributed by atoms with E-state index in [0.717, 1.165) is 6.08 Å². The second-order valence-electron chi connectivity index (χ2n) is 6.32. The summed E-state index contributed by atoms with van der Waals surface area (Å²) in [6, 6.07) is 0. The predicted octanol–water partition coefficient (Wildman–Crippen LogP) is 1.97. The van der Waals surface area contributed by atoms with Gasteiger partial charge in [0.25, 0.3) is 0 Å². The molecule has 1 fully saturated rings. The van der Waals surface area contributed by atoms with Crippen molar-refractivity contribution in [2.45, 2.75) is 12.6 Å². The molecule has 2 aliphatic carbocycles. The maximum atomic E-state index is 13.3. The van der Waals surface area contributed by atoms with E-state index in [-0.39, 0.29) is 18.3 Å². The van der Waals surface area contributed by atoms with Crippen molar-refractivity contribution in [3.63, 3.8) is 0 Å². The number of amides is 1. The summed E-state index contributed by atoms with van der Waals surface area (Å²) in [4.78, 5) is 11.9. The van der Waals surface area contributed by atoms with Gasteiger partial charge in [0.15, 0.2) is 0 Å². The first-order chi connectivity index (χ1) is 10.8. The van der Waals surface area contributed by atoms with Gasteiger partial charge < -0.3 is 0 Å². The fourth-order valence-corrected chi connectivity index (χ4v) is 3.99. The summed E-state index contributed by atoms with van der Waals surface area (Å²) < 4.78 is 39.8. The molecule has 3 aliphatic rings. The number of halogens is 3. The van der Waals surface area contributed by atoms with Crippen LogP contribution in [0.15, 0.2) is 28.9 Å². The number of carbonyl (C=O) groups is 1. The highest BCUT2D eigenvalue weighted by Crippen LogP contribution is 2.60. The molecule has 3 rings (SSSR count). The molecule has 5 nitrogen and oxygen atoms in total. The molecule has 23 heavy (non-hydrogen) atoms.